The Morgan fingerprint density at radius 3 is 2.95 bits per heavy atom. The van der Waals surface area contributed by atoms with E-state index in [2.05, 4.69) is 0 Å². The lowest BCUT2D eigenvalue weighted by atomic mass is 9.97. The van der Waals surface area contributed by atoms with E-state index in [4.69, 9.17) is 4.74 Å². The average Bonchev–Trinajstić information content (AvgIpc) is 2.48. The Kier molecular flexibility index (Phi) is 4.77. The van der Waals surface area contributed by atoms with Gasteiger partial charge in [-0.05, 0) is 32.8 Å². The van der Waals surface area contributed by atoms with Crippen molar-refractivity contribution < 1.29 is 14.5 Å². The largest absolute Gasteiger partial charge is 0.466 e. The molecule has 1 heterocycles. The van der Waals surface area contributed by atoms with Crippen molar-refractivity contribution in [3.05, 3.63) is 33.9 Å². The molecule has 114 valence electrons. The molecule has 0 bridgehead atoms. The Bertz CT molecular complexity index is 544. The number of nitro benzene ring substituents is 1. The summed E-state index contributed by atoms with van der Waals surface area (Å²) in [5, 5.41) is 11.0. The van der Waals surface area contributed by atoms with Crippen LogP contribution in [0.15, 0.2) is 18.2 Å². The third kappa shape index (κ3) is 3.51. The summed E-state index contributed by atoms with van der Waals surface area (Å²) in [6.07, 6.45) is 1.69. The predicted octanol–water partition coefficient (Wildman–Crippen LogP) is 2.68. The van der Waals surface area contributed by atoms with Crippen LogP contribution in [0.3, 0.4) is 0 Å². The van der Waals surface area contributed by atoms with E-state index < -0.39 is 0 Å². The van der Waals surface area contributed by atoms with Crippen molar-refractivity contribution in [1.29, 1.82) is 0 Å². The Morgan fingerprint density at radius 2 is 2.29 bits per heavy atom. The van der Waals surface area contributed by atoms with Crippen LogP contribution in [0.4, 0.5) is 11.4 Å². The Hall–Kier alpha value is -2.11. The predicted molar refractivity (Wildman–Crippen MR) is 79.4 cm³/mol. The molecule has 0 N–H and O–H groups in total. The number of nitrogens with zero attached hydrogens (tertiary/aromatic N) is 2. The molecule has 6 nitrogen and oxygen atoms in total. The number of hydrogen-bond acceptors (Lipinski definition) is 5. The van der Waals surface area contributed by atoms with Crippen molar-refractivity contribution in [2.24, 2.45) is 5.92 Å². The summed E-state index contributed by atoms with van der Waals surface area (Å²) in [6, 6.07) is 5.21. The lowest BCUT2D eigenvalue weighted by molar-refractivity contribution is -0.385. The van der Waals surface area contributed by atoms with Gasteiger partial charge in [-0.3, -0.25) is 14.9 Å². The summed E-state index contributed by atoms with van der Waals surface area (Å²) in [6.45, 7) is 5.25. The molecule has 1 saturated heterocycles. The minimum Gasteiger partial charge on any atom is -0.466 e. The van der Waals surface area contributed by atoms with Crippen LogP contribution in [0.2, 0.25) is 0 Å². The van der Waals surface area contributed by atoms with Gasteiger partial charge in [-0.1, -0.05) is 6.07 Å². The van der Waals surface area contributed by atoms with Gasteiger partial charge >= 0.3 is 5.97 Å². The number of anilines is 1. The highest BCUT2D eigenvalue weighted by Crippen LogP contribution is 2.28. The van der Waals surface area contributed by atoms with Crippen LogP contribution >= 0.6 is 0 Å². The number of aryl methyl sites for hydroxylation is 1. The maximum atomic E-state index is 11.8. The first-order valence-electron chi connectivity index (χ1n) is 7.19. The third-order valence-electron chi connectivity index (χ3n) is 3.80. The Balaban J connectivity index is 2.16. The fraction of sp³-hybridized carbons (Fsp3) is 0.533. The normalized spacial score (nSPS) is 18.4. The highest BCUT2D eigenvalue weighted by molar-refractivity contribution is 5.73. The molecule has 21 heavy (non-hydrogen) atoms. The second-order valence-electron chi connectivity index (χ2n) is 5.27. The van der Waals surface area contributed by atoms with Crippen molar-refractivity contribution in [1.82, 2.24) is 0 Å². The summed E-state index contributed by atoms with van der Waals surface area (Å²) in [5.74, 6) is -0.331. The zero-order valence-electron chi connectivity index (χ0n) is 12.4. The van der Waals surface area contributed by atoms with Crippen LogP contribution in [-0.4, -0.2) is 30.6 Å². The van der Waals surface area contributed by atoms with Gasteiger partial charge in [0.05, 0.1) is 17.4 Å². The van der Waals surface area contributed by atoms with Gasteiger partial charge in [-0.25, -0.2) is 0 Å². The fourth-order valence-corrected chi connectivity index (χ4v) is 2.66. The quantitative estimate of drug-likeness (QED) is 0.484. The number of esters is 1. The van der Waals surface area contributed by atoms with Gasteiger partial charge in [0.2, 0.25) is 0 Å². The summed E-state index contributed by atoms with van der Waals surface area (Å²) in [5.41, 5.74) is 1.55. The van der Waals surface area contributed by atoms with Gasteiger partial charge in [0.25, 0.3) is 5.69 Å². The summed E-state index contributed by atoms with van der Waals surface area (Å²) in [7, 11) is 0. The molecule has 1 aromatic rings. The number of benzene rings is 1. The van der Waals surface area contributed by atoms with Gasteiger partial charge in [-0.2, -0.15) is 0 Å². The second kappa shape index (κ2) is 6.56. The first kappa shape index (κ1) is 15.3. The molecule has 0 radical (unpaired) electrons. The molecule has 1 atom stereocenters. The molecule has 1 unspecified atom stereocenters. The van der Waals surface area contributed by atoms with Crippen LogP contribution in [0.25, 0.3) is 0 Å². The molecule has 0 spiro atoms. The number of nitro groups is 1. The van der Waals surface area contributed by atoms with Gasteiger partial charge < -0.3 is 9.64 Å². The van der Waals surface area contributed by atoms with Crippen molar-refractivity contribution in [3.8, 4) is 0 Å². The Labute approximate surface area is 123 Å². The van der Waals surface area contributed by atoms with Crippen molar-refractivity contribution >= 4 is 17.3 Å². The van der Waals surface area contributed by atoms with Gasteiger partial charge in [0.15, 0.2) is 0 Å². The van der Waals surface area contributed by atoms with Gasteiger partial charge in [-0.15, -0.1) is 0 Å². The summed E-state index contributed by atoms with van der Waals surface area (Å²) in [4.78, 5) is 24.5. The molecular weight excluding hydrogens is 272 g/mol. The minimum atomic E-state index is -0.369. The number of rotatable bonds is 4. The van der Waals surface area contributed by atoms with E-state index in [-0.39, 0.29) is 22.5 Å². The fourth-order valence-electron chi connectivity index (χ4n) is 2.66. The third-order valence-corrected chi connectivity index (χ3v) is 3.80. The molecule has 1 aliphatic rings. The molecule has 0 amide bonds. The number of hydrogen-bond donors (Lipinski definition) is 0. The molecule has 2 rings (SSSR count). The zero-order valence-corrected chi connectivity index (χ0v) is 12.4. The van der Waals surface area contributed by atoms with Gasteiger partial charge in [0, 0.05) is 30.4 Å². The van der Waals surface area contributed by atoms with E-state index >= 15 is 0 Å². The maximum Gasteiger partial charge on any atom is 0.310 e. The van der Waals surface area contributed by atoms with E-state index in [9.17, 15) is 14.9 Å². The number of ether oxygens (including phenoxy) is 1. The average molecular weight is 292 g/mol. The molecule has 0 aliphatic carbocycles. The monoisotopic (exact) mass is 292 g/mol. The maximum absolute atomic E-state index is 11.8. The molecule has 0 saturated carbocycles. The zero-order chi connectivity index (χ0) is 15.4. The molecule has 6 heteroatoms. The minimum absolute atomic E-state index is 0.116. The molecule has 1 aliphatic heterocycles. The summed E-state index contributed by atoms with van der Waals surface area (Å²) < 4.78 is 5.07. The lowest BCUT2D eigenvalue weighted by Gasteiger charge is -2.33. The highest BCUT2D eigenvalue weighted by atomic mass is 16.6. The van der Waals surface area contributed by atoms with Crippen LogP contribution in [0.5, 0.6) is 0 Å². The lowest BCUT2D eigenvalue weighted by Crippen LogP contribution is -2.39. The molecular formula is C15H20N2O4. The van der Waals surface area contributed by atoms with Crippen molar-refractivity contribution in [2.45, 2.75) is 26.7 Å². The van der Waals surface area contributed by atoms with E-state index in [0.29, 0.717) is 18.7 Å². The first-order chi connectivity index (χ1) is 10.0. The van der Waals surface area contributed by atoms with Crippen LogP contribution < -0.4 is 4.90 Å². The second-order valence-corrected chi connectivity index (χ2v) is 5.27. The highest BCUT2D eigenvalue weighted by Gasteiger charge is 2.27. The molecule has 1 fully saturated rings. The van der Waals surface area contributed by atoms with E-state index in [1.807, 2.05) is 11.0 Å². The number of carbonyl (C=O) groups excluding carboxylic acids is 1. The van der Waals surface area contributed by atoms with Crippen molar-refractivity contribution in [2.75, 3.05) is 24.6 Å². The van der Waals surface area contributed by atoms with E-state index in [0.717, 1.165) is 25.1 Å². The van der Waals surface area contributed by atoms with E-state index in [1.165, 1.54) is 0 Å². The first-order valence-corrected chi connectivity index (χ1v) is 7.19. The van der Waals surface area contributed by atoms with Crippen LogP contribution in [0.1, 0.15) is 25.3 Å². The topological polar surface area (TPSA) is 72.7 Å². The molecule has 0 aromatic heterocycles. The number of piperidine rings is 1. The van der Waals surface area contributed by atoms with Crippen LogP contribution in [-0.2, 0) is 9.53 Å². The standard InChI is InChI=1S/C15H20N2O4/c1-3-21-15(18)12-5-4-8-16(10-12)13-7-6-11(2)14(9-13)17(19)20/h6-7,9,12H,3-5,8,10H2,1-2H3. The Morgan fingerprint density at radius 1 is 1.52 bits per heavy atom. The van der Waals surface area contributed by atoms with Crippen molar-refractivity contribution in [3.63, 3.8) is 0 Å². The van der Waals surface area contributed by atoms with Gasteiger partial charge in [0.1, 0.15) is 0 Å². The smallest absolute Gasteiger partial charge is 0.310 e. The summed E-state index contributed by atoms with van der Waals surface area (Å²) >= 11 is 0. The molecule has 1 aromatic carbocycles. The van der Waals surface area contributed by atoms with Crippen LogP contribution in [0, 0.1) is 23.0 Å². The SMILES string of the molecule is CCOC(=O)C1CCCN(c2ccc(C)c([N+](=O)[O-])c2)C1. The van der Waals surface area contributed by atoms with E-state index in [1.54, 1.807) is 26.0 Å². The number of carbonyl (C=O) groups is 1.